The number of anilines is 2. The average Bonchev–Trinajstić information content (AvgIpc) is 2.62. The Balaban J connectivity index is 2.45. The van der Waals surface area contributed by atoms with Gasteiger partial charge in [0.15, 0.2) is 0 Å². The van der Waals surface area contributed by atoms with Gasteiger partial charge in [-0.05, 0) is 56.0 Å². The van der Waals surface area contributed by atoms with Crippen molar-refractivity contribution < 1.29 is 18.1 Å². The molecule has 29 heavy (non-hydrogen) atoms. The summed E-state index contributed by atoms with van der Waals surface area (Å²) >= 11 is 0. The largest absolute Gasteiger partial charge is 0.324 e. The fourth-order valence-corrected chi connectivity index (χ4v) is 4.20. The zero-order valence-corrected chi connectivity index (χ0v) is 17.9. The van der Waals surface area contributed by atoms with Gasteiger partial charge in [0.1, 0.15) is 6.04 Å². The van der Waals surface area contributed by atoms with Crippen LogP contribution < -0.4 is 9.62 Å². The van der Waals surface area contributed by atoms with Gasteiger partial charge in [-0.1, -0.05) is 19.1 Å². The molecule has 2 aromatic rings. The number of nitro benzene ring substituents is 1. The Morgan fingerprint density at radius 3 is 2.24 bits per heavy atom. The molecule has 0 aromatic heterocycles. The smallest absolute Gasteiger partial charge is 0.271 e. The summed E-state index contributed by atoms with van der Waals surface area (Å²) in [6.45, 7) is 7.20. The number of aryl methyl sites for hydroxylation is 3. The van der Waals surface area contributed by atoms with Crippen molar-refractivity contribution in [1.29, 1.82) is 0 Å². The minimum absolute atomic E-state index is 0.159. The van der Waals surface area contributed by atoms with E-state index in [1.807, 2.05) is 13.8 Å². The van der Waals surface area contributed by atoms with Crippen LogP contribution in [0, 0.1) is 30.9 Å². The quantitative estimate of drug-likeness (QED) is 0.543. The lowest BCUT2D eigenvalue weighted by Crippen LogP contribution is -2.47. The first-order chi connectivity index (χ1) is 13.5. The lowest BCUT2D eigenvalue weighted by atomic mass is 10.1. The van der Waals surface area contributed by atoms with E-state index < -0.39 is 26.9 Å². The maximum Gasteiger partial charge on any atom is 0.271 e. The maximum absolute atomic E-state index is 13.0. The summed E-state index contributed by atoms with van der Waals surface area (Å²) < 4.78 is 26.2. The Morgan fingerprint density at radius 2 is 1.72 bits per heavy atom. The Hall–Kier alpha value is -2.94. The molecule has 2 aromatic carbocycles. The number of carbonyl (C=O) groups is 1. The second-order valence-corrected chi connectivity index (χ2v) is 8.86. The van der Waals surface area contributed by atoms with Gasteiger partial charge in [-0.15, -0.1) is 0 Å². The summed E-state index contributed by atoms with van der Waals surface area (Å²) in [5, 5.41) is 13.7. The molecule has 0 spiro atoms. The molecule has 1 amide bonds. The van der Waals surface area contributed by atoms with Crippen LogP contribution in [0.2, 0.25) is 0 Å². The van der Waals surface area contributed by atoms with E-state index >= 15 is 0 Å². The molecule has 0 saturated carbocycles. The molecule has 156 valence electrons. The number of nitrogens with one attached hydrogen (secondary N) is 1. The van der Waals surface area contributed by atoms with Crippen LogP contribution in [0.15, 0.2) is 36.4 Å². The Labute approximate surface area is 170 Å². The number of non-ortho nitro benzene ring substituents is 1. The highest BCUT2D eigenvalue weighted by Gasteiger charge is 2.32. The molecule has 0 fully saturated rings. The normalized spacial score (nSPS) is 12.3. The third kappa shape index (κ3) is 5.11. The van der Waals surface area contributed by atoms with Gasteiger partial charge in [0.2, 0.25) is 15.9 Å². The number of amides is 1. The zero-order chi connectivity index (χ0) is 21.9. The van der Waals surface area contributed by atoms with Crippen LogP contribution in [0.1, 0.15) is 30.0 Å². The van der Waals surface area contributed by atoms with Crippen LogP contribution in [0.4, 0.5) is 17.1 Å². The van der Waals surface area contributed by atoms with Crippen LogP contribution in [0.5, 0.6) is 0 Å². The van der Waals surface area contributed by atoms with Crippen LogP contribution in [-0.2, 0) is 14.8 Å². The van der Waals surface area contributed by atoms with Crippen molar-refractivity contribution in [1.82, 2.24) is 0 Å². The van der Waals surface area contributed by atoms with Crippen LogP contribution in [0.25, 0.3) is 0 Å². The van der Waals surface area contributed by atoms with Crippen molar-refractivity contribution >= 4 is 33.0 Å². The van der Waals surface area contributed by atoms with Gasteiger partial charge in [-0.3, -0.25) is 19.2 Å². The van der Waals surface area contributed by atoms with E-state index in [2.05, 4.69) is 5.32 Å². The molecule has 0 unspecified atom stereocenters. The van der Waals surface area contributed by atoms with E-state index in [1.165, 1.54) is 18.2 Å². The van der Waals surface area contributed by atoms with E-state index in [9.17, 15) is 23.3 Å². The summed E-state index contributed by atoms with van der Waals surface area (Å²) in [5.41, 5.74) is 3.06. The Bertz CT molecular complexity index is 1050. The van der Waals surface area contributed by atoms with Gasteiger partial charge in [-0.25, -0.2) is 8.42 Å². The van der Waals surface area contributed by atoms with Crippen molar-refractivity contribution in [3.8, 4) is 0 Å². The summed E-state index contributed by atoms with van der Waals surface area (Å²) in [4.78, 5) is 23.5. The van der Waals surface area contributed by atoms with Crippen molar-refractivity contribution in [3.63, 3.8) is 0 Å². The van der Waals surface area contributed by atoms with E-state index in [0.29, 0.717) is 11.3 Å². The summed E-state index contributed by atoms with van der Waals surface area (Å²) in [5.74, 6) is -0.556. The van der Waals surface area contributed by atoms with Gasteiger partial charge in [0, 0.05) is 12.1 Å². The molecule has 1 N–H and O–H groups in total. The van der Waals surface area contributed by atoms with Gasteiger partial charge in [-0.2, -0.15) is 0 Å². The minimum atomic E-state index is -3.76. The fourth-order valence-electron chi connectivity index (χ4n) is 3.00. The molecule has 0 aliphatic rings. The number of carbonyl (C=O) groups excluding carboxylic acids is 1. The van der Waals surface area contributed by atoms with Crippen LogP contribution in [0.3, 0.4) is 0 Å². The molecule has 1 atom stereocenters. The molecular weight excluding hydrogens is 394 g/mol. The van der Waals surface area contributed by atoms with E-state index in [4.69, 9.17) is 0 Å². The predicted octanol–water partition coefficient (Wildman–Crippen LogP) is 3.70. The number of sulfonamides is 1. The van der Waals surface area contributed by atoms with E-state index in [0.717, 1.165) is 21.7 Å². The molecule has 0 saturated heterocycles. The molecule has 0 aliphatic heterocycles. The first kappa shape index (κ1) is 22.4. The maximum atomic E-state index is 13.0. The standard InChI is InChI=1S/C20H25N3O5S/c1-6-19(20(24)21-18-12-17(23(25)26)10-8-14(18)3)22(29(5,27)28)16-9-7-13(2)15(4)11-16/h7-12,19H,6H2,1-5H3,(H,21,24)/t19-/m0/s1. The van der Waals surface area contributed by atoms with Crippen molar-refractivity contribution in [2.45, 2.75) is 40.2 Å². The number of benzene rings is 2. The number of nitro groups is 1. The second kappa shape index (κ2) is 8.60. The number of rotatable bonds is 7. The molecule has 0 aliphatic carbocycles. The molecule has 8 nitrogen and oxygen atoms in total. The lowest BCUT2D eigenvalue weighted by molar-refractivity contribution is -0.384. The van der Waals surface area contributed by atoms with Crippen molar-refractivity contribution in [2.24, 2.45) is 0 Å². The third-order valence-corrected chi connectivity index (χ3v) is 5.94. The lowest BCUT2D eigenvalue weighted by Gasteiger charge is -2.30. The zero-order valence-electron chi connectivity index (χ0n) is 17.1. The molecule has 2 rings (SSSR count). The van der Waals surface area contributed by atoms with Gasteiger partial charge >= 0.3 is 0 Å². The first-order valence-corrected chi connectivity index (χ1v) is 10.9. The third-order valence-electron chi connectivity index (χ3n) is 4.76. The van der Waals surface area contributed by atoms with Gasteiger partial charge in [0.05, 0.1) is 22.6 Å². The van der Waals surface area contributed by atoms with Crippen LogP contribution >= 0.6 is 0 Å². The average molecular weight is 420 g/mol. The number of hydrogen-bond acceptors (Lipinski definition) is 5. The monoisotopic (exact) mass is 419 g/mol. The summed E-state index contributed by atoms with van der Waals surface area (Å²) in [7, 11) is -3.76. The Kier molecular flexibility index (Phi) is 6.63. The van der Waals surface area contributed by atoms with E-state index in [1.54, 1.807) is 32.0 Å². The highest BCUT2D eigenvalue weighted by molar-refractivity contribution is 7.92. The molecular formula is C20H25N3O5S. The highest BCUT2D eigenvalue weighted by Crippen LogP contribution is 2.27. The van der Waals surface area contributed by atoms with Crippen molar-refractivity contribution in [3.05, 3.63) is 63.2 Å². The molecule has 0 radical (unpaired) electrons. The Morgan fingerprint density at radius 1 is 1.10 bits per heavy atom. The van der Waals surface area contributed by atoms with Crippen LogP contribution in [-0.4, -0.2) is 31.5 Å². The number of hydrogen-bond donors (Lipinski definition) is 1. The highest BCUT2D eigenvalue weighted by atomic mass is 32.2. The molecule has 9 heteroatoms. The number of nitrogens with zero attached hydrogens (tertiary/aromatic N) is 2. The second-order valence-electron chi connectivity index (χ2n) is 7.00. The summed E-state index contributed by atoms with van der Waals surface area (Å²) in [6.07, 6.45) is 1.27. The first-order valence-electron chi connectivity index (χ1n) is 9.08. The minimum Gasteiger partial charge on any atom is -0.324 e. The summed E-state index contributed by atoms with van der Waals surface area (Å²) in [6, 6.07) is 8.33. The topological polar surface area (TPSA) is 110 Å². The molecule has 0 heterocycles. The fraction of sp³-hybridized carbons (Fsp3) is 0.350. The van der Waals surface area contributed by atoms with Gasteiger partial charge in [0.25, 0.3) is 5.69 Å². The van der Waals surface area contributed by atoms with E-state index in [-0.39, 0.29) is 17.8 Å². The predicted molar refractivity (Wildman–Crippen MR) is 114 cm³/mol. The molecule has 0 bridgehead atoms. The van der Waals surface area contributed by atoms with Crippen molar-refractivity contribution in [2.75, 3.05) is 15.9 Å². The SMILES string of the molecule is CC[C@@H](C(=O)Nc1cc([N+](=O)[O-])ccc1C)N(c1ccc(C)c(C)c1)S(C)(=O)=O. The van der Waals surface area contributed by atoms with Gasteiger partial charge < -0.3 is 5.32 Å².